The van der Waals surface area contributed by atoms with Gasteiger partial charge in [0.25, 0.3) is 0 Å². The van der Waals surface area contributed by atoms with Crippen LogP contribution in [0.1, 0.15) is 6.92 Å². The summed E-state index contributed by atoms with van der Waals surface area (Å²) in [5.74, 6) is 2.00. The summed E-state index contributed by atoms with van der Waals surface area (Å²) >= 11 is 0. The molecule has 18 valence electrons. The van der Waals surface area contributed by atoms with Gasteiger partial charge in [-0.2, -0.15) is 0 Å². The Bertz CT molecular complexity index is 24.8. The Morgan fingerprint density at radius 1 is 1.75 bits per heavy atom. The second kappa shape index (κ2) is 9.48. The second-order valence-electron chi connectivity index (χ2n) is 0.250. The van der Waals surface area contributed by atoms with Crippen LogP contribution in [0.4, 0.5) is 0 Å². The topological polar surface area (TPSA) is 0 Å². The molecular weight excluding hydrogens is 274 g/mol. The normalized spacial score (nSPS) is 2.00. The van der Waals surface area contributed by atoms with Crippen molar-refractivity contribution in [3.8, 4) is 5.92 Å². The van der Waals surface area contributed by atoms with Gasteiger partial charge in [0.05, 0.1) is 0 Å². The van der Waals surface area contributed by atoms with Crippen LogP contribution in [0.25, 0.3) is 0 Å². The molecule has 0 aliphatic carbocycles. The van der Waals surface area contributed by atoms with Crippen molar-refractivity contribution in [1.29, 1.82) is 0 Å². The number of hydrogen-bond acceptors (Lipinski definition) is 0. The van der Waals surface area contributed by atoms with E-state index in [-0.39, 0.29) is 31.1 Å². The minimum Gasteiger partial charge on any atom is -0.694 e. The molecule has 0 nitrogen and oxygen atoms in total. The summed E-state index contributed by atoms with van der Waals surface area (Å²) in [6.45, 7) is 1.54. The van der Waals surface area contributed by atoms with E-state index in [1.807, 2.05) is 5.92 Å². The van der Waals surface area contributed by atoms with Gasteiger partial charge in [0.15, 0.2) is 0 Å². The maximum atomic E-state index is 5.96. The largest absolute Gasteiger partial charge is 2.00 e. The Balaban J connectivity index is 0. The number of hydrogen-bond donors (Lipinski definition) is 0. The summed E-state index contributed by atoms with van der Waals surface area (Å²) < 4.78 is 0. The van der Waals surface area contributed by atoms with Crippen LogP contribution in [-0.4, -0.2) is 0 Å². The summed E-state index contributed by atoms with van der Waals surface area (Å²) in [6, 6.07) is 0. The standard InChI is InChI=1S/C3H3.U/c1-3-2;/h1H3;/q-1;+2. The zero-order valence-electron chi connectivity index (χ0n) is 2.50. The van der Waals surface area contributed by atoms with E-state index in [1.54, 1.807) is 6.92 Å². The molecule has 0 aliphatic rings. The van der Waals surface area contributed by atoms with Crippen LogP contribution in [0.5, 0.6) is 0 Å². The van der Waals surface area contributed by atoms with E-state index < -0.39 is 0 Å². The molecule has 0 saturated heterocycles. The van der Waals surface area contributed by atoms with Crippen molar-refractivity contribution in [1.82, 2.24) is 0 Å². The molecule has 0 bridgehead atoms. The van der Waals surface area contributed by atoms with E-state index in [0.717, 1.165) is 0 Å². The summed E-state index contributed by atoms with van der Waals surface area (Å²) in [6.07, 6.45) is 5.96. The van der Waals surface area contributed by atoms with Crippen molar-refractivity contribution < 1.29 is 31.1 Å². The molecule has 1 heteroatoms. The van der Waals surface area contributed by atoms with Gasteiger partial charge in [-0.1, -0.05) is 0 Å². The van der Waals surface area contributed by atoms with Gasteiger partial charge in [0.2, 0.25) is 0 Å². The fraction of sp³-hybridized carbons (Fsp3) is 0.333. The predicted octanol–water partition coefficient (Wildman–Crippen LogP) is 0.596. The molecule has 0 aromatic rings. The molecule has 0 aromatic heterocycles. The van der Waals surface area contributed by atoms with Crippen LogP contribution >= 0.6 is 0 Å². The van der Waals surface area contributed by atoms with Crippen molar-refractivity contribution in [2.24, 2.45) is 0 Å². The third-order valence-electron chi connectivity index (χ3n) is 0. The monoisotopic (exact) mass is 277 g/mol. The van der Waals surface area contributed by atoms with Gasteiger partial charge in [-0.3, -0.25) is 0 Å². The van der Waals surface area contributed by atoms with Gasteiger partial charge in [0.1, 0.15) is 0 Å². The van der Waals surface area contributed by atoms with E-state index in [2.05, 4.69) is 0 Å². The third-order valence-corrected chi connectivity index (χ3v) is 0. The SMILES string of the molecule is [C-]#CC.[U+2]. The summed E-state index contributed by atoms with van der Waals surface area (Å²) in [5.41, 5.74) is 0. The molecule has 0 fully saturated rings. The Labute approximate surface area is 50.3 Å². The molecule has 0 radical (unpaired) electrons. The number of rotatable bonds is 0. The van der Waals surface area contributed by atoms with Crippen LogP contribution < -0.4 is 0 Å². The first-order chi connectivity index (χ1) is 1.41. The van der Waals surface area contributed by atoms with Crippen molar-refractivity contribution in [3.63, 3.8) is 0 Å². The first-order valence-electron chi connectivity index (χ1n) is 0.750. The molecule has 0 spiro atoms. The van der Waals surface area contributed by atoms with Crippen LogP contribution in [0, 0.1) is 43.5 Å². The van der Waals surface area contributed by atoms with Gasteiger partial charge < -0.3 is 12.3 Å². The van der Waals surface area contributed by atoms with Gasteiger partial charge in [-0.15, -0.1) is 0 Å². The van der Waals surface area contributed by atoms with E-state index in [1.165, 1.54) is 0 Å². The van der Waals surface area contributed by atoms with Crippen LogP contribution in [0.3, 0.4) is 0 Å². The van der Waals surface area contributed by atoms with Crippen molar-refractivity contribution in [3.05, 3.63) is 6.42 Å². The van der Waals surface area contributed by atoms with Crippen molar-refractivity contribution in [2.45, 2.75) is 6.92 Å². The molecule has 0 amide bonds. The van der Waals surface area contributed by atoms with Gasteiger partial charge in [0, 0.05) is 0 Å². The summed E-state index contributed by atoms with van der Waals surface area (Å²) in [7, 11) is 0. The smallest absolute Gasteiger partial charge is 0.694 e. The molecule has 0 N–H and O–H groups in total. The zero-order chi connectivity index (χ0) is 2.71. The maximum Gasteiger partial charge on any atom is 2.00 e. The minimum atomic E-state index is 0. The fourth-order valence-electron chi connectivity index (χ4n) is 0. The molecular formula is C3H3U+. The van der Waals surface area contributed by atoms with E-state index in [9.17, 15) is 0 Å². The van der Waals surface area contributed by atoms with Gasteiger partial charge in [-0.05, 0) is 6.92 Å². The van der Waals surface area contributed by atoms with Crippen LogP contribution in [0.15, 0.2) is 0 Å². The Hall–Kier alpha value is 0.612. The molecule has 0 heterocycles. The summed E-state index contributed by atoms with van der Waals surface area (Å²) in [4.78, 5) is 0. The first kappa shape index (κ1) is 8.82. The molecule has 0 saturated carbocycles. The molecule has 0 unspecified atom stereocenters. The maximum absolute atomic E-state index is 5.96. The molecule has 0 aromatic carbocycles. The average molecular weight is 277 g/mol. The van der Waals surface area contributed by atoms with E-state index in [4.69, 9.17) is 6.42 Å². The first-order valence-corrected chi connectivity index (χ1v) is 0.750. The van der Waals surface area contributed by atoms with E-state index >= 15 is 0 Å². The third kappa shape index (κ3) is 18.1. The molecule has 0 rings (SSSR count). The minimum absolute atomic E-state index is 0. The Kier molecular flexibility index (Phi) is 20.9. The summed E-state index contributed by atoms with van der Waals surface area (Å²) in [5, 5.41) is 0. The molecule has 0 aliphatic heterocycles. The zero-order valence-corrected chi connectivity index (χ0v) is 6.66. The predicted molar refractivity (Wildman–Crippen MR) is 12.8 cm³/mol. The van der Waals surface area contributed by atoms with Crippen molar-refractivity contribution in [2.75, 3.05) is 0 Å². The average Bonchev–Trinajstić information content (AvgIpc) is 0.918. The second-order valence-corrected chi connectivity index (χ2v) is 0.250. The van der Waals surface area contributed by atoms with Crippen molar-refractivity contribution >= 4 is 0 Å². The fourth-order valence-corrected chi connectivity index (χ4v) is 0. The van der Waals surface area contributed by atoms with Crippen LogP contribution in [-0.2, 0) is 0 Å². The Morgan fingerprint density at radius 3 is 1.75 bits per heavy atom. The molecule has 0 atom stereocenters. The molecule has 4 heavy (non-hydrogen) atoms. The van der Waals surface area contributed by atoms with Gasteiger partial charge in [-0.25, -0.2) is 0 Å². The van der Waals surface area contributed by atoms with Gasteiger partial charge >= 0.3 is 31.1 Å². The quantitative estimate of drug-likeness (QED) is 0.449. The Morgan fingerprint density at radius 2 is 1.75 bits per heavy atom. The van der Waals surface area contributed by atoms with E-state index in [0.29, 0.717) is 0 Å². The van der Waals surface area contributed by atoms with Crippen LogP contribution in [0.2, 0.25) is 0 Å².